The van der Waals surface area contributed by atoms with E-state index < -0.39 is 32.9 Å². The second-order valence-corrected chi connectivity index (χ2v) is 7.68. The van der Waals surface area contributed by atoms with E-state index in [9.17, 15) is 26.4 Å². The number of furan rings is 1. The number of ether oxygens (including phenoxy) is 1. The van der Waals surface area contributed by atoms with Crippen LogP contribution in [0.4, 0.5) is 18.9 Å². The molecule has 0 aliphatic carbocycles. The summed E-state index contributed by atoms with van der Waals surface area (Å²) in [5, 5.41) is 2.60. The Balaban J connectivity index is 1.66. The Hall–Kier alpha value is -3.31. The number of para-hydroxylation sites is 1. The third-order valence-corrected chi connectivity index (χ3v) is 5.23. The summed E-state index contributed by atoms with van der Waals surface area (Å²) >= 11 is 0. The highest BCUT2D eigenvalue weighted by molar-refractivity contribution is 7.89. The van der Waals surface area contributed by atoms with Gasteiger partial charge in [0.2, 0.25) is 10.0 Å². The molecule has 0 saturated carbocycles. The molecule has 2 N–H and O–H groups in total. The maximum absolute atomic E-state index is 12.5. The molecule has 0 spiro atoms. The van der Waals surface area contributed by atoms with E-state index in [0.717, 1.165) is 12.1 Å². The van der Waals surface area contributed by atoms with Gasteiger partial charge in [-0.1, -0.05) is 24.3 Å². The van der Waals surface area contributed by atoms with Crippen molar-refractivity contribution in [2.24, 2.45) is 0 Å². The monoisotopic (exact) mass is 440 g/mol. The molecule has 3 rings (SSSR count). The van der Waals surface area contributed by atoms with Crippen molar-refractivity contribution in [2.75, 3.05) is 5.32 Å². The van der Waals surface area contributed by atoms with Gasteiger partial charge in [0.05, 0.1) is 6.26 Å². The number of halogens is 3. The van der Waals surface area contributed by atoms with Gasteiger partial charge in [0, 0.05) is 12.2 Å². The molecule has 0 aliphatic rings. The van der Waals surface area contributed by atoms with Crippen molar-refractivity contribution in [2.45, 2.75) is 17.8 Å². The molecule has 0 atom stereocenters. The summed E-state index contributed by atoms with van der Waals surface area (Å²) in [5.74, 6) is -1.14. The Morgan fingerprint density at radius 3 is 2.33 bits per heavy atom. The standard InChI is InChI=1S/C19H15F3N2O5S/c20-19(21,22)29-15-4-1-2-6-17(15)30(26,27)23-12-13-7-9-14(10-8-13)24-18(25)16-5-3-11-28-16/h1-11,23H,12H2,(H,24,25). The van der Waals surface area contributed by atoms with Crippen LogP contribution in [0.25, 0.3) is 0 Å². The number of carbonyl (C=O) groups excluding carboxylic acids is 1. The Kier molecular flexibility index (Phi) is 6.13. The van der Waals surface area contributed by atoms with E-state index in [2.05, 4.69) is 14.8 Å². The van der Waals surface area contributed by atoms with E-state index >= 15 is 0 Å². The fourth-order valence-electron chi connectivity index (χ4n) is 2.44. The van der Waals surface area contributed by atoms with Gasteiger partial charge in [-0.05, 0) is 42.0 Å². The lowest BCUT2D eigenvalue weighted by molar-refractivity contribution is -0.275. The van der Waals surface area contributed by atoms with Gasteiger partial charge in [0.1, 0.15) is 10.6 Å². The van der Waals surface area contributed by atoms with Gasteiger partial charge >= 0.3 is 6.36 Å². The van der Waals surface area contributed by atoms with Crippen LogP contribution in [0.5, 0.6) is 5.75 Å². The molecule has 0 bridgehead atoms. The van der Waals surface area contributed by atoms with E-state index in [0.29, 0.717) is 11.3 Å². The van der Waals surface area contributed by atoms with Crippen molar-refractivity contribution in [1.82, 2.24) is 4.72 Å². The van der Waals surface area contributed by atoms with Crippen molar-refractivity contribution < 1.29 is 35.5 Å². The van der Waals surface area contributed by atoms with Crippen LogP contribution in [-0.4, -0.2) is 20.7 Å². The van der Waals surface area contributed by atoms with Crippen molar-refractivity contribution >= 4 is 21.6 Å². The maximum atomic E-state index is 12.5. The molecule has 158 valence electrons. The van der Waals surface area contributed by atoms with Gasteiger partial charge < -0.3 is 14.5 Å². The van der Waals surface area contributed by atoms with E-state index in [-0.39, 0.29) is 12.3 Å². The van der Waals surface area contributed by atoms with E-state index in [1.54, 1.807) is 30.3 Å². The van der Waals surface area contributed by atoms with E-state index in [1.807, 2.05) is 0 Å². The number of carbonyl (C=O) groups is 1. The van der Waals surface area contributed by atoms with Crippen LogP contribution in [0.3, 0.4) is 0 Å². The summed E-state index contributed by atoms with van der Waals surface area (Å²) in [7, 11) is -4.28. The van der Waals surface area contributed by atoms with Gasteiger partial charge in [0.15, 0.2) is 5.76 Å². The number of hydrogen-bond donors (Lipinski definition) is 2. The summed E-state index contributed by atoms with van der Waals surface area (Å²) in [6.07, 6.45) is -3.66. The molecule has 1 heterocycles. The molecule has 11 heteroatoms. The summed E-state index contributed by atoms with van der Waals surface area (Å²) in [4.78, 5) is 11.3. The number of alkyl halides is 3. The molecule has 30 heavy (non-hydrogen) atoms. The minimum absolute atomic E-state index is 0.131. The Morgan fingerprint density at radius 2 is 1.70 bits per heavy atom. The molecule has 0 saturated heterocycles. The number of sulfonamides is 1. The lowest BCUT2D eigenvalue weighted by Gasteiger charge is -2.14. The molecule has 3 aromatic rings. The average molecular weight is 440 g/mol. The minimum atomic E-state index is -5.03. The summed E-state index contributed by atoms with van der Waals surface area (Å²) < 4.78 is 73.4. The number of amides is 1. The molecule has 0 radical (unpaired) electrons. The first-order valence-corrected chi connectivity index (χ1v) is 9.91. The van der Waals surface area contributed by atoms with Crippen LogP contribution in [0, 0.1) is 0 Å². The van der Waals surface area contributed by atoms with Crippen LogP contribution >= 0.6 is 0 Å². The summed E-state index contributed by atoms with van der Waals surface area (Å²) in [6, 6.07) is 13.7. The number of benzene rings is 2. The lowest BCUT2D eigenvalue weighted by Crippen LogP contribution is -2.25. The molecule has 7 nitrogen and oxygen atoms in total. The number of nitrogens with one attached hydrogen (secondary N) is 2. The third-order valence-electron chi connectivity index (χ3n) is 3.79. The summed E-state index contributed by atoms with van der Waals surface area (Å²) in [5.41, 5.74) is 0.968. The predicted molar refractivity (Wildman–Crippen MR) is 100 cm³/mol. The molecule has 1 amide bonds. The molecule has 2 aromatic carbocycles. The maximum Gasteiger partial charge on any atom is 0.573 e. The Morgan fingerprint density at radius 1 is 1.00 bits per heavy atom. The number of anilines is 1. The average Bonchev–Trinajstić information content (AvgIpc) is 3.21. The zero-order valence-electron chi connectivity index (χ0n) is 15.1. The van der Waals surface area contributed by atoms with Gasteiger partial charge in [-0.2, -0.15) is 0 Å². The van der Waals surface area contributed by atoms with Crippen LogP contribution in [-0.2, 0) is 16.6 Å². The first-order chi connectivity index (χ1) is 14.1. The van der Waals surface area contributed by atoms with E-state index in [1.165, 1.54) is 24.5 Å². The SMILES string of the molecule is O=C(Nc1ccc(CNS(=O)(=O)c2ccccc2OC(F)(F)F)cc1)c1ccco1. The minimum Gasteiger partial charge on any atom is -0.459 e. The molecule has 0 unspecified atom stereocenters. The third kappa shape index (κ3) is 5.61. The quantitative estimate of drug-likeness (QED) is 0.581. The molecular formula is C19H15F3N2O5S. The number of hydrogen-bond acceptors (Lipinski definition) is 5. The second-order valence-electron chi connectivity index (χ2n) is 5.95. The van der Waals surface area contributed by atoms with Crippen molar-refractivity contribution in [3.63, 3.8) is 0 Å². The van der Waals surface area contributed by atoms with Crippen molar-refractivity contribution in [3.05, 3.63) is 78.3 Å². The topological polar surface area (TPSA) is 97.6 Å². The van der Waals surface area contributed by atoms with Gasteiger partial charge in [-0.15, -0.1) is 13.2 Å². The summed E-state index contributed by atoms with van der Waals surface area (Å²) in [6.45, 7) is -0.185. The zero-order chi connectivity index (χ0) is 21.8. The van der Waals surface area contributed by atoms with Crippen molar-refractivity contribution in [1.29, 1.82) is 0 Å². The fourth-order valence-corrected chi connectivity index (χ4v) is 3.59. The Labute approximate surface area is 169 Å². The highest BCUT2D eigenvalue weighted by Gasteiger charge is 2.33. The fraction of sp³-hybridized carbons (Fsp3) is 0.105. The smallest absolute Gasteiger partial charge is 0.459 e. The van der Waals surface area contributed by atoms with Gasteiger partial charge in [-0.3, -0.25) is 4.79 Å². The van der Waals surface area contributed by atoms with Crippen LogP contribution in [0.1, 0.15) is 16.1 Å². The largest absolute Gasteiger partial charge is 0.573 e. The highest BCUT2D eigenvalue weighted by Crippen LogP contribution is 2.29. The molecule has 0 fully saturated rings. The second kappa shape index (κ2) is 8.59. The Bertz CT molecular complexity index is 1110. The molecule has 0 aliphatic heterocycles. The molecule has 1 aromatic heterocycles. The van der Waals surface area contributed by atoms with Crippen LogP contribution < -0.4 is 14.8 Å². The van der Waals surface area contributed by atoms with Crippen LogP contribution in [0.2, 0.25) is 0 Å². The number of rotatable bonds is 7. The predicted octanol–water partition coefficient (Wildman–Crippen LogP) is 3.91. The van der Waals surface area contributed by atoms with Gasteiger partial charge in [-0.25, -0.2) is 13.1 Å². The molecular weight excluding hydrogens is 425 g/mol. The lowest BCUT2D eigenvalue weighted by atomic mass is 10.2. The normalized spacial score (nSPS) is 11.8. The highest BCUT2D eigenvalue weighted by atomic mass is 32.2. The van der Waals surface area contributed by atoms with Gasteiger partial charge in [0.25, 0.3) is 5.91 Å². The van der Waals surface area contributed by atoms with Crippen LogP contribution in [0.15, 0.2) is 76.2 Å². The zero-order valence-corrected chi connectivity index (χ0v) is 16.0. The van der Waals surface area contributed by atoms with E-state index in [4.69, 9.17) is 4.42 Å². The van der Waals surface area contributed by atoms with Crippen molar-refractivity contribution in [3.8, 4) is 5.75 Å². The first kappa shape index (κ1) is 21.4. The first-order valence-electron chi connectivity index (χ1n) is 8.42.